The van der Waals surface area contributed by atoms with Crippen molar-refractivity contribution in [3.05, 3.63) is 74.1 Å². The lowest BCUT2D eigenvalue weighted by molar-refractivity contribution is -0.130. The van der Waals surface area contributed by atoms with Gasteiger partial charge in [-0.25, -0.2) is 0 Å². The van der Waals surface area contributed by atoms with E-state index in [1.807, 2.05) is 11.0 Å². The van der Waals surface area contributed by atoms with Gasteiger partial charge in [0, 0.05) is 36.0 Å². The highest BCUT2D eigenvalue weighted by Gasteiger charge is 2.34. The molecule has 0 bridgehead atoms. The highest BCUT2D eigenvalue weighted by atomic mass is 32.1. The Labute approximate surface area is 178 Å². The lowest BCUT2D eigenvalue weighted by Crippen LogP contribution is -2.39. The number of nitrogens with zero attached hydrogens (tertiary/aromatic N) is 2. The van der Waals surface area contributed by atoms with E-state index in [1.165, 1.54) is 20.2 Å². The molecule has 5 nitrogen and oxygen atoms in total. The zero-order chi connectivity index (χ0) is 20.4. The number of amides is 2. The first kappa shape index (κ1) is 19.7. The number of hydrogen-bond donors (Lipinski definition) is 0. The molecule has 2 aromatic heterocycles. The molecular weight excluding hydrogens is 404 g/mol. The van der Waals surface area contributed by atoms with E-state index >= 15 is 0 Å². The van der Waals surface area contributed by atoms with Crippen molar-refractivity contribution in [2.75, 3.05) is 27.2 Å². The molecule has 0 aliphatic carbocycles. The number of likely N-dealkylation sites (N-methyl/N-ethyl adjacent to an activating group) is 1. The van der Waals surface area contributed by atoms with Crippen LogP contribution in [0.4, 0.5) is 0 Å². The molecule has 1 atom stereocenters. The number of benzene rings is 1. The van der Waals surface area contributed by atoms with Crippen LogP contribution in [0.1, 0.15) is 31.7 Å². The molecule has 0 fully saturated rings. The van der Waals surface area contributed by atoms with Crippen molar-refractivity contribution in [2.24, 2.45) is 0 Å². The first-order valence-electron chi connectivity index (χ1n) is 9.38. The van der Waals surface area contributed by atoms with Crippen molar-refractivity contribution in [1.82, 2.24) is 9.80 Å². The topological polar surface area (TPSA) is 49.9 Å². The van der Waals surface area contributed by atoms with Gasteiger partial charge in [0.15, 0.2) is 6.61 Å². The Hall–Kier alpha value is -2.64. The Kier molecular flexibility index (Phi) is 5.69. The maximum Gasteiger partial charge on any atom is 0.259 e. The summed E-state index contributed by atoms with van der Waals surface area (Å²) < 4.78 is 5.59. The van der Waals surface area contributed by atoms with E-state index < -0.39 is 0 Å². The van der Waals surface area contributed by atoms with Crippen molar-refractivity contribution in [2.45, 2.75) is 12.5 Å². The summed E-state index contributed by atoms with van der Waals surface area (Å²) in [5, 5.41) is 4.16. The molecule has 2 amide bonds. The van der Waals surface area contributed by atoms with Crippen molar-refractivity contribution < 1.29 is 14.3 Å². The fourth-order valence-corrected chi connectivity index (χ4v) is 5.21. The summed E-state index contributed by atoms with van der Waals surface area (Å²) >= 11 is 3.43. The molecule has 0 radical (unpaired) electrons. The number of hydrogen-bond acceptors (Lipinski definition) is 5. The van der Waals surface area contributed by atoms with E-state index in [0.29, 0.717) is 17.9 Å². The Bertz CT molecular complexity index is 1010. The normalized spacial score (nSPS) is 15.7. The van der Waals surface area contributed by atoms with Crippen LogP contribution in [0.2, 0.25) is 0 Å². The van der Waals surface area contributed by atoms with Crippen molar-refractivity contribution in [3.8, 4) is 5.75 Å². The van der Waals surface area contributed by atoms with Gasteiger partial charge >= 0.3 is 0 Å². The van der Waals surface area contributed by atoms with E-state index in [1.54, 1.807) is 61.0 Å². The molecule has 150 valence electrons. The second-order valence-electron chi connectivity index (χ2n) is 7.07. The van der Waals surface area contributed by atoms with Gasteiger partial charge in [-0.15, -0.1) is 22.7 Å². The summed E-state index contributed by atoms with van der Waals surface area (Å²) in [6.07, 6.45) is 0.869. The van der Waals surface area contributed by atoms with Crippen LogP contribution in [0.5, 0.6) is 5.75 Å². The monoisotopic (exact) mass is 426 g/mol. The van der Waals surface area contributed by atoms with Crippen LogP contribution in [-0.4, -0.2) is 48.9 Å². The first-order chi connectivity index (χ1) is 14.0. The second kappa shape index (κ2) is 8.39. The smallest absolute Gasteiger partial charge is 0.259 e. The number of fused-ring (bicyclic) bond motifs is 1. The van der Waals surface area contributed by atoms with Crippen LogP contribution in [-0.2, 0) is 11.2 Å². The Morgan fingerprint density at radius 2 is 2.00 bits per heavy atom. The van der Waals surface area contributed by atoms with Gasteiger partial charge in [0.05, 0.1) is 6.04 Å². The van der Waals surface area contributed by atoms with Crippen LogP contribution in [0.15, 0.2) is 53.2 Å². The van der Waals surface area contributed by atoms with Gasteiger partial charge in [-0.2, -0.15) is 0 Å². The molecule has 1 aliphatic heterocycles. The molecule has 1 aliphatic rings. The summed E-state index contributed by atoms with van der Waals surface area (Å²) in [6.45, 7) is 0.629. The third-order valence-corrected chi connectivity index (χ3v) is 6.90. The Morgan fingerprint density at radius 3 is 2.76 bits per heavy atom. The highest BCUT2D eigenvalue weighted by Crippen LogP contribution is 2.40. The Balaban J connectivity index is 1.59. The average Bonchev–Trinajstić information content (AvgIpc) is 3.42. The van der Waals surface area contributed by atoms with E-state index in [2.05, 4.69) is 22.9 Å². The molecule has 0 N–H and O–H groups in total. The fourth-order valence-electron chi connectivity index (χ4n) is 3.45. The summed E-state index contributed by atoms with van der Waals surface area (Å²) in [4.78, 5) is 31.2. The van der Waals surface area contributed by atoms with E-state index in [4.69, 9.17) is 4.74 Å². The predicted molar refractivity (Wildman–Crippen MR) is 116 cm³/mol. The van der Waals surface area contributed by atoms with E-state index in [-0.39, 0.29) is 24.5 Å². The van der Waals surface area contributed by atoms with Gasteiger partial charge < -0.3 is 14.5 Å². The lowest BCUT2D eigenvalue weighted by atomic mass is 9.97. The molecule has 1 aromatic carbocycles. The average molecular weight is 427 g/mol. The SMILES string of the molecule is CN(C)C(=O)COc1cccc(C(=O)N2CCc3sccc3C2c2cccs2)c1. The number of ether oxygens (including phenoxy) is 1. The first-order valence-corrected chi connectivity index (χ1v) is 11.1. The van der Waals surface area contributed by atoms with Gasteiger partial charge in [-0.05, 0) is 53.1 Å². The zero-order valence-electron chi connectivity index (χ0n) is 16.3. The molecule has 7 heteroatoms. The molecule has 29 heavy (non-hydrogen) atoms. The molecule has 1 unspecified atom stereocenters. The van der Waals surface area contributed by atoms with Gasteiger partial charge in [0.2, 0.25) is 0 Å². The van der Waals surface area contributed by atoms with Crippen molar-refractivity contribution >= 4 is 34.5 Å². The maximum atomic E-state index is 13.4. The minimum atomic E-state index is -0.125. The molecule has 0 saturated heterocycles. The van der Waals surface area contributed by atoms with Crippen LogP contribution in [0.3, 0.4) is 0 Å². The molecule has 4 rings (SSSR count). The maximum absolute atomic E-state index is 13.4. The molecule has 0 saturated carbocycles. The number of carbonyl (C=O) groups excluding carboxylic acids is 2. The van der Waals surface area contributed by atoms with Crippen molar-refractivity contribution in [1.29, 1.82) is 0 Å². The number of carbonyl (C=O) groups is 2. The fraction of sp³-hybridized carbons (Fsp3) is 0.273. The third kappa shape index (κ3) is 4.06. The minimum Gasteiger partial charge on any atom is -0.484 e. The van der Waals surface area contributed by atoms with Crippen LogP contribution in [0.25, 0.3) is 0 Å². The van der Waals surface area contributed by atoms with Crippen LogP contribution < -0.4 is 4.74 Å². The summed E-state index contributed by atoms with van der Waals surface area (Å²) in [7, 11) is 3.37. The van der Waals surface area contributed by atoms with E-state index in [0.717, 1.165) is 6.42 Å². The van der Waals surface area contributed by atoms with Crippen LogP contribution in [0, 0.1) is 0 Å². The second-order valence-corrected chi connectivity index (χ2v) is 9.05. The van der Waals surface area contributed by atoms with Gasteiger partial charge in [0.25, 0.3) is 11.8 Å². The van der Waals surface area contributed by atoms with Gasteiger partial charge in [-0.1, -0.05) is 12.1 Å². The van der Waals surface area contributed by atoms with Crippen molar-refractivity contribution in [3.63, 3.8) is 0 Å². The zero-order valence-corrected chi connectivity index (χ0v) is 18.0. The summed E-state index contributed by atoms with van der Waals surface area (Å²) in [6, 6.07) is 13.3. The summed E-state index contributed by atoms with van der Waals surface area (Å²) in [5.41, 5.74) is 1.79. The summed E-state index contributed by atoms with van der Waals surface area (Å²) in [5.74, 6) is 0.372. The quantitative estimate of drug-likeness (QED) is 0.618. The van der Waals surface area contributed by atoms with Gasteiger partial charge in [0.1, 0.15) is 5.75 Å². The van der Waals surface area contributed by atoms with Crippen LogP contribution >= 0.6 is 22.7 Å². The molecule has 3 heterocycles. The number of rotatable bonds is 5. The number of thiophene rings is 2. The lowest BCUT2D eigenvalue weighted by Gasteiger charge is -2.35. The molecule has 0 spiro atoms. The third-order valence-electron chi connectivity index (χ3n) is 4.98. The molecular formula is C22H22N2O3S2. The molecule has 3 aromatic rings. The standard InChI is InChI=1S/C22H22N2O3S2/c1-23(2)20(25)14-27-16-6-3-5-15(13-16)22(26)24-10-8-18-17(9-12-29-18)21(24)19-7-4-11-28-19/h3-7,9,11-13,21H,8,10,14H2,1-2H3. The Morgan fingerprint density at radius 1 is 1.14 bits per heavy atom. The van der Waals surface area contributed by atoms with E-state index in [9.17, 15) is 9.59 Å². The highest BCUT2D eigenvalue weighted by molar-refractivity contribution is 7.10. The predicted octanol–water partition coefficient (Wildman–Crippen LogP) is 4.06. The largest absolute Gasteiger partial charge is 0.484 e. The van der Waals surface area contributed by atoms with Gasteiger partial charge in [-0.3, -0.25) is 9.59 Å². The minimum absolute atomic E-state index is 0.0235.